The summed E-state index contributed by atoms with van der Waals surface area (Å²) >= 11 is 1.17. The lowest BCUT2D eigenvalue weighted by atomic mass is 9.89. The summed E-state index contributed by atoms with van der Waals surface area (Å²) in [6, 6.07) is 4.90. The Morgan fingerprint density at radius 1 is 1.00 bits per heavy atom. The lowest BCUT2D eigenvalue weighted by Crippen LogP contribution is -2.24. The second-order valence-electron chi connectivity index (χ2n) is 6.79. The molecule has 0 bridgehead atoms. The van der Waals surface area contributed by atoms with E-state index in [1.165, 1.54) is 23.9 Å². The van der Waals surface area contributed by atoms with Gasteiger partial charge in [-0.15, -0.1) is 11.8 Å². The third-order valence-electron chi connectivity index (χ3n) is 4.70. The lowest BCUT2D eigenvalue weighted by Gasteiger charge is -2.26. The Balaban J connectivity index is 1.74. The fourth-order valence-electron chi connectivity index (χ4n) is 3.22. The summed E-state index contributed by atoms with van der Waals surface area (Å²) in [5.74, 6) is -7.17. The highest BCUT2D eigenvalue weighted by atomic mass is 32.2. The summed E-state index contributed by atoms with van der Waals surface area (Å²) in [7, 11) is 0. The summed E-state index contributed by atoms with van der Waals surface area (Å²) in [5, 5.41) is 11.3. The van der Waals surface area contributed by atoms with Gasteiger partial charge in [-0.3, -0.25) is 9.59 Å². The minimum atomic E-state index is -1.64. The molecule has 0 aliphatic heterocycles. The molecule has 154 valence electrons. The van der Waals surface area contributed by atoms with Crippen molar-refractivity contribution in [2.75, 3.05) is 5.32 Å². The number of nitrogens with one attached hydrogen (secondary N) is 1. The van der Waals surface area contributed by atoms with E-state index in [-0.39, 0.29) is 21.4 Å². The zero-order chi connectivity index (χ0) is 21.1. The first-order valence-corrected chi connectivity index (χ1v) is 9.77. The molecule has 1 aliphatic carbocycles. The molecule has 0 radical (unpaired) electrons. The number of thioether (sulfide) groups is 1. The number of halogens is 4. The van der Waals surface area contributed by atoms with Gasteiger partial charge in [-0.25, -0.2) is 17.6 Å². The zero-order valence-corrected chi connectivity index (χ0v) is 15.9. The molecule has 0 unspecified atom stereocenters. The van der Waals surface area contributed by atoms with Crippen molar-refractivity contribution in [3.05, 3.63) is 59.2 Å². The molecule has 0 saturated heterocycles. The average Bonchev–Trinajstić information content (AvgIpc) is 2.68. The number of carbonyl (C=O) groups is 2. The third kappa shape index (κ3) is 5.09. The van der Waals surface area contributed by atoms with Gasteiger partial charge in [-0.1, -0.05) is 6.42 Å². The number of benzene rings is 2. The van der Waals surface area contributed by atoms with Crippen molar-refractivity contribution in [3.63, 3.8) is 0 Å². The van der Waals surface area contributed by atoms with E-state index in [1.807, 2.05) is 0 Å². The van der Waals surface area contributed by atoms with Crippen LogP contribution in [0.5, 0.6) is 0 Å². The highest BCUT2D eigenvalue weighted by molar-refractivity contribution is 8.00. The summed E-state index contributed by atoms with van der Waals surface area (Å²) in [6.07, 6.45) is 2.45. The third-order valence-corrected chi connectivity index (χ3v) is 6.03. The van der Waals surface area contributed by atoms with E-state index in [2.05, 4.69) is 5.32 Å². The maximum Gasteiger partial charge on any atom is 0.306 e. The second-order valence-corrected chi connectivity index (χ2v) is 8.14. The SMILES string of the molecule is O=C(Nc1cc(F)c(F)c(F)c1)c1ccc(F)c(S[C@@H]2CCC[C@@H](C(=O)O)C2)c1. The Morgan fingerprint density at radius 3 is 2.34 bits per heavy atom. The van der Waals surface area contributed by atoms with Crippen LogP contribution in [0.15, 0.2) is 35.2 Å². The molecule has 4 nitrogen and oxygen atoms in total. The van der Waals surface area contributed by atoms with Gasteiger partial charge < -0.3 is 10.4 Å². The van der Waals surface area contributed by atoms with E-state index in [0.29, 0.717) is 25.0 Å². The van der Waals surface area contributed by atoms with Crippen LogP contribution in [-0.4, -0.2) is 22.2 Å². The van der Waals surface area contributed by atoms with Gasteiger partial charge >= 0.3 is 5.97 Å². The average molecular weight is 427 g/mol. The zero-order valence-electron chi connectivity index (χ0n) is 15.1. The molecule has 1 fully saturated rings. The van der Waals surface area contributed by atoms with Gasteiger partial charge in [0.25, 0.3) is 5.91 Å². The number of rotatable bonds is 5. The summed E-state index contributed by atoms with van der Waals surface area (Å²) in [5.41, 5.74) is -0.230. The van der Waals surface area contributed by atoms with Crippen LogP contribution in [0.2, 0.25) is 0 Å². The molecule has 2 aromatic rings. The molecule has 2 atom stereocenters. The maximum absolute atomic E-state index is 14.2. The number of carboxylic acid groups (broad SMARTS) is 1. The highest BCUT2D eigenvalue weighted by Crippen LogP contribution is 2.37. The van der Waals surface area contributed by atoms with Gasteiger partial charge in [0.05, 0.1) is 5.92 Å². The van der Waals surface area contributed by atoms with Crippen molar-refractivity contribution >= 4 is 29.3 Å². The minimum absolute atomic E-state index is 0.0460. The summed E-state index contributed by atoms with van der Waals surface area (Å²) < 4.78 is 53.8. The molecule has 0 heterocycles. The Morgan fingerprint density at radius 2 is 1.69 bits per heavy atom. The van der Waals surface area contributed by atoms with E-state index >= 15 is 0 Å². The number of amides is 1. The second kappa shape index (κ2) is 8.86. The van der Waals surface area contributed by atoms with Gasteiger partial charge in [0.2, 0.25) is 0 Å². The fraction of sp³-hybridized carbons (Fsp3) is 0.300. The number of hydrogen-bond acceptors (Lipinski definition) is 3. The quantitative estimate of drug-likeness (QED) is 0.507. The van der Waals surface area contributed by atoms with E-state index < -0.39 is 41.1 Å². The molecule has 9 heteroatoms. The fourth-order valence-corrected chi connectivity index (χ4v) is 4.57. The maximum atomic E-state index is 14.2. The number of anilines is 1. The monoisotopic (exact) mass is 427 g/mol. The number of carbonyl (C=O) groups excluding carboxylic acids is 1. The van der Waals surface area contributed by atoms with Gasteiger partial charge in [-0.2, -0.15) is 0 Å². The first kappa shape index (κ1) is 21.2. The van der Waals surface area contributed by atoms with Crippen molar-refractivity contribution in [1.29, 1.82) is 0 Å². The molecule has 1 amide bonds. The first-order chi connectivity index (χ1) is 13.7. The Bertz CT molecular complexity index is 930. The Labute approximate surface area is 168 Å². The van der Waals surface area contributed by atoms with Crippen LogP contribution in [-0.2, 0) is 4.79 Å². The molecule has 2 aromatic carbocycles. The van der Waals surface area contributed by atoms with Gasteiger partial charge in [0.15, 0.2) is 17.5 Å². The van der Waals surface area contributed by atoms with E-state index in [1.54, 1.807) is 0 Å². The Kier molecular flexibility index (Phi) is 6.46. The van der Waals surface area contributed by atoms with Gasteiger partial charge in [0.1, 0.15) is 5.82 Å². The molecular weight excluding hydrogens is 410 g/mol. The smallest absolute Gasteiger partial charge is 0.306 e. The van der Waals surface area contributed by atoms with Crippen LogP contribution in [0.25, 0.3) is 0 Å². The lowest BCUT2D eigenvalue weighted by molar-refractivity contribution is -0.142. The van der Waals surface area contributed by atoms with Gasteiger partial charge in [0, 0.05) is 33.5 Å². The van der Waals surface area contributed by atoms with Crippen LogP contribution in [0.3, 0.4) is 0 Å². The predicted molar refractivity (Wildman–Crippen MR) is 99.9 cm³/mol. The van der Waals surface area contributed by atoms with Gasteiger partial charge in [-0.05, 0) is 37.5 Å². The van der Waals surface area contributed by atoms with Crippen molar-refractivity contribution in [3.8, 4) is 0 Å². The van der Waals surface area contributed by atoms with Crippen LogP contribution in [0.1, 0.15) is 36.0 Å². The van der Waals surface area contributed by atoms with Crippen LogP contribution in [0, 0.1) is 29.2 Å². The Hall–Kier alpha value is -2.55. The topological polar surface area (TPSA) is 66.4 Å². The molecule has 1 saturated carbocycles. The summed E-state index contributed by atoms with van der Waals surface area (Å²) in [6.45, 7) is 0. The molecule has 2 N–H and O–H groups in total. The molecule has 29 heavy (non-hydrogen) atoms. The van der Waals surface area contributed by atoms with Crippen LogP contribution in [0.4, 0.5) is 23.2 Å². The molecule has 0 spiro atoms. The number of aliphatic carboxylic acids is 1. The molecule has 1 aliphatic rings. The molecule has 0 aromatic heterocycles. The predicted octanol–water partition coefficient (Wildman–Crippen LogP) is 5.23. The van der Waals surface area contributed by atoms with Crippen molar-refractivity contribution in [1.82, 2.24) is 0 Å². The minimum Gasteiger partial charge on any atom is -0.481 e. The number of hydrogen-bond donors (Lipinski definition) is 2. The van der Waals surface area contributed by atoms with E-state index in [0.717, 1.165) is 18.9 Å². The summed E-state index contributed by atoms with van der Waals surface area (Å²) in [4.78, 5) is 23.7. The van der Waals surface area contributed by atoms with Crippen molar-refractivity contribution in [2.45, 2.75) is 35.8 Å². The van der Waals surface area contributed by atoms with E-state index in [9.17, 15) is 32.3 Å². The van der Waals surface area contributed by atoms with Crippen LogP contribution < -0.4 is 5.32 Å². The van der Waals surface area contributed by atoms with Crippen molar-refractivity contribution < 1.29 is 32.3 Å². The van der Waals surface area contributed by atoms with Crippen molar-refractivity contribution in [2.24, 2.45) is 5.92 Å². The molecule has 3 rings (SSSR count). The van der Waals surface area contributed by atoms with Crippen LogP contribution >= 0.6 is 11.8 Å². The number of carboxylic acids is 1. The first-order valence-electron chi connectivity index (χ1n) is 8.89. The largest absolute Gasteiger partial charge is 0.481 e. The van der Waals surface area contributed by atoms with E-state index in [4.69, 9.17) is 0 Å². The standard InChI is InChI=1S/C20H17F4NO3S/c21-14-5-4-10(19(26)25-12-8-15(22)18(24)16(23)9-12)7-17(14)29-13-3-1-2-11(6-13)20(27)28/h4-5,7-9,11,13H,1-3,6H2,(H,25,26)(H,27,28)/t11-,13-/m1/s1. The molecular formula is C20H17F4NO3S. The normalized spacial score (nSPS) is 19.0. The highest BCUT2D eigenvalue weighted by Gasteiger charge is 2.28.